The highest BCUT2D eigenvalue weighted by molar-refractivity contribution is 5.70. The largest absolute Gasteiger partial charge is 0.507 e. The van der Waals surface area contributed by atoms with E-state index in [1.54, 1.807) is 6.07 Å². The van der Waals surface area contributed by atoms with Crippen LogP contribution in [0.25, 0.3) is 34.2 Å². The van der Waals surface area contributed by atoms with Crippen molar-refractivity contribution in [2.45, 2.75) is 19.8 Å². The molecule has 0 bridgehead atoms. The van der Waals surface area contributed by atoms with Crippen LogP contribution in [0.1, 0.15) is 25.3 Å². The van der Waals surface area contributed by atoms with E-state index < -0.39 is 0 Å². The summed E-state index contributed by atoms with van der Waals surface area (Å²) in [7, 11) is 0. The average Bonchev–Trinajstić information content (AvgIpc) is 2.74. The molecule has 3 aromatic carbocycles. The van der Waals surface area contributed by atoms with Crippen molar-refractivity contribution in [3.8, 4) is 39.9 Å². The first kappa shape index (κ1) is 17.9. The highest BCUT2D eigenvalue weighted by atomic mass is 16.3. The molecule has 138 valence electrons. The van der Waals surface area contributed by atoms with Crippen LogP contribution in [0.3, 0.4) is 0 Å². The number of aromatic nitrogens is 3. The fourth-order valence-corrected chi connectivity index (χ4v) is 3.03. The third kappa shape index (κ3) is 3.62. The van der Waals surface area contributed by atoms with Crippen LogP contribution in [-0.4, -0.2) is 20.1 Å². The number of aromatic hydroxyl groups is 1. The normalized spacial score (nSPS) is 11.0. The van der Waals surface area contributed by atoms with E-state index >= 15 is 0 Å². The lowest BCUT2D eigenvalue weighted by Crippen LogP contribution is -2.00. The van der Waals surface area contributed by atoms with Crippen LogP contribution in [0.2, 0.25) is 0 Å². The second-order valence-electron chi connectivity index (χ2n) is 6.97. The van der Waals surface area contributed by atoms with Gasteiger partial charge in [-0.25, -0.2) is 15.0 Å². The molecule has 0 unspecified atom stereocenters. The van der Waals surface area contributed by atoms with E-state index in [1.807, 2.05) is 72.8 Å². The Labute approximate surface area is 164 Å². The van der Waals surface area contributed by atoms with Gasteiger partial charge in [0.1, 0.15) is 5.75 Å². The molecule has 0 saturated carbocycles. The van der Waals surface area contributed by atoms with E-state index in [9.17, 15) is 5.11 Å². The number of phenolic OH excluding ortho intramolecular Hbond substituents is 1. The van der Waals surface area contributed by atoms with Crippen LogP contribution in [-0.2, 0) is 0 Å². The predicted molar refractivity (Wildman–Crippen MR) is 112 cm³/mol. The Morgan fingerprint density at radius 2 is 1.14 bits per heavy atom. The summed E-state index contributed by atoms with van der Waals surface area (Å²) in [5.41, 5.74) is 3.48. The summed E-state index contributed by atoms with van der Waals surface area (Å²) in [6.07, 6.45) is 0. The Hall–Kier alpha value is -3.53. The number of hydrogen-bond acceptors (Lipinski definition) is 4. The monoisotopic (exact) mass is 367 g/mol. The molecule has 0 aliphatic carbocycles. The average molecular weight is 367 g/mol. The molecule has 4 heteroatoms. The summed E-state index contributed by atoms with van der Waals surface area (Å²) in [5, 5.41) is 10.6. The van der Waals surface area contributed by atoms with Gasteiger partial charge in [0, 0.05) is 11.1 Å². The van der Waals surface area contributed by atoms with E-state index in [-0.39, 0.29) is 5.75 Å². The molecule has 4 rings (SSSR count). The molecule has 1 heterocycles. The van der Waals surface area contributed by atoms with Gasteiger partial charge in [-0.05, 0) is 23.6 Å². The molecule has 0 radical (unpaired) electrons. The summed E-state index contributed by atoms with van der Waals surface area (Å²) >= 11 is 0. The quantitative estimate of drug-likeness (QED) is 0.502. The molecule has 28 heavy (non-hydrogen) atoms. The molecule has 0 amide bonds. The van der Waals surface area contributed by atoms with E-state index in [1.165, 1.54) is 0 Å². The summed E-state index contributed by atoms with van der Waals surface area (Å²) in [4.78, 5) is 14.0. The minimum Gasteiger partial charge on any atom is -0.507 e. The maximum absolute atomic E-state index is 10.6. The van der Waals surface area contributed by atoms with Gasteiger partial charge in [-0.1, -0.05) is 80.6 Å². The van der Waals surface area contributed by atoms with Gasteiger partial charge in [0.25, 0.3) is 0 Å². The Kier molecular flexibility index (Phi) is 4.85. The maximum atomic E-state index is 10.6. The standard InChI is InChI=1S/C24H21N3O/c1-16(2)19-13-14-20(21(28)15-19)24-26-22(17-9-5-3-6-10-17)25-23(27-24)18-11-7-4-8-12-18/h3-16,28H,1-2H3. The third-order valence-corrected chi connectivity index (χ3v) is 4.63. The summed E-state index contributed by atoms with van der Waals surface area (Å²) in [5.74, 6) is 2.13. The summed E-state index contributed by atoms with van der Waals surface area (Å²) < 4.78 is 0. The van der Waals surface area contributed by atoms with Crippen LogP contribution in [0, 0.1) is 0 Å². The molecule has 1 N–H and O–H groups in total. The molecule has 1 aromatic heterocycles. The SMILES string of the molecule is CC(C)c1ccc(-c2nc(-c3ccccc3)nc(-c3ccccc3)n2)c(O)c1. The molecule has 0 fully saturated rings. The highest BCUT2D eigenvalue weighted by Gasteiger charge is 2.15. The second kappa shape index (κ2) is 7.61. The van der Waals surface area contributed by atoms with Gasteiger partial charge in [0.15, 0.2) is 17.5 Å². The van der Waals surface area contributed by atoms with Crippen molar-refractivity contribution in [1.29, 1.82) is 0 Å². The maximum Gasteiger partial charge on any atom is 0.167 e. The van der Waals surface area contributed by atoms with E-state index in [0.29, 0.717) is 29.0 Å². The van der Waals surface area contributed by atoms with E-state index in [4.69, 9.17) is 0 Å². The number of benzene rings is 3. The van der Waals surface area contributed by atoms with Crippen molar-refractivity contribution in [2.24, 2.45) is 0 Å². The van der Waals surface area contributed by atoms with Gasteiger partial charge in [-0.3, -0.25) is 0 Å². The van der Waals surface area contributed by atoms with Crippen LogP contribution in [0.15, 0.2) is 78.9 Å². The zero-order valence-corrected chi connectivity index (χ0v) is 15.9. The number of phenols is 1. The van der Waals surface area contributed by atoms with Crippen LogP contribution in [0.4, 0.5) is 0 Å². The molecule has 0 aliphatic rings. The first-order chi connectivity index (χ1) is 13.6. The summed E-state index contributed by atoms with van der Waals surface area (Å²) in [6, 6.07) is 25.3. The van der Waals surface area contributed by atoms with Crippen molar-refractivity contribution < 1.29 is 5.11 Å². The van der Waals surface area contributed by atoms with E-state index in [2.05, 4.69) is 28.8 Å². The third-order valence-electron chi connectivity index (χ3n) is 4.63. The zero-order valence-electron chi connectivity index (χ0n) is 15.9. The lowest BCUT2D eigenvalue weighted by atomic mass is 10.0. The molecule has 4 aromatic rings. The summed E-state index contributed by atoms with van der Waals surface area (Å²) in [6.45, 7) is 4.19. The lowest BCUT2D eigenvalue weighted by molar-refractivity contribution is 0.475. The molecule has 0 spiro atoms. The van der Waals surface area contributed by atoms with Crippen molar-refractivity contribution in [3.63, 3.8) is 0 Å². The van der Waals surface area contributed by atoms with Crippen LogP contribution < -0.4 is 0 Å². The first-order valence-corrected chi connectivity index (χ1v) is 9.32. The van der Waals surface area contributed by atoms with Gasteiger partial charge in [0.2, 0.25) is 0 Å². The Balaban J connectivity index is 1.90. The molecule has 0 atom stereocenters. The Morgan fingerprint density at radius 1 is 0.643 bits per heavy atom. The smallest absolute Gasteiger partial charge is 0.167 e. The first-order valence-electron chi connectivity index (χ1n) is 9.32. The van der Waals surface area contributed by atoms with Crippen LogP contribution in [0.5, 0.6) is 5.75 Å². The van der Waals surface area contributed by atoms with Crippen molar-refractivity contribution in [3.05, 3.63) is 84.4 Å². The Bertz CT molecular complexity index is 1040. The highest BCUT2D eigenvalue weighted by Crippen LogP contribution is 2.32. The molecular weight excluding hydrogens is 346 g/mol. The molecule has 4 nitrogen and oxygen atoms in total. The molecule has 0 saturated heterocycles. The van der Waals surface area contributed by atoms with Gasteiger partial charge in [-0.2, -0.15) is 0 Å². The molecule has 0 aliphatic heterocycles. The minimum atomic E-state index is 0.176. The fraction of sp³-hybridized carbons (Fsp3) is 0.125. The van der Waals surface area contributed by atoms with Crippen molar-refractivity contribution in [1.82, 2.24) is 15.0 Å². The van der Waals surface area contributed by atoms with Crippen molar-refractivity contribution in [2.75, 3.05) is 0 Å². The van der Waals surface area contributed by atoms with Gasteiger partial charge in [0.05, 0.1) is 5.56 Å². The number of rotatable bonds is 4. The predicted octanol–water partition coefficient (Wildman–Crippen LogP) is 5.70. The molecular formula is C24H21N3O. The van der Waals surface area contributed by atoms with Gasteiger partial charge in [-0.15, -0.1) is 0 Å². The topological polar surface area (TPSA) is 58.9 Å². The zero-order chi connectivity index (χ0) is 19.5. The van der Waals surface area contributed by atoms with Crippen LogP contribution >= 0.6 is 0 Å². The number of nitrogens with zero attached hydrogens (tertiary/aromatic N) is 3. The lowest BCUT2D eigenvalue weighted by Gasteiger charge is -2.11. The van der Waals surface area contributed by atoms with Gasteiger partial charge < -0.3 is 5.11 Å². The van der Waals surface area contributed by atoms with Gasteiger partial charge >= 0.3 is 0 Å². The fourth-order valence-electron chi connectivity index (χ4n) is 3.03. The number of hydrogen-bond donors (Lipinski definition) is 1. The van der Waals surface area contributed by atoms with E-state index in [0.717, 1.165) is 16.7 Å². The Morgan fingerprint density at radius 3 is 1.61 bits per heavy atom. The second-order valence-corrected chi connectivity index (χ2v) is 6.97. The van der Waals surface area contributed by atoms with Crippen molar-refractivity contribution >= 4 is 0 Å². The minimum absolute atomic E-state index is 0.176.